The van der Waals surface area contributed by atoms with E-state index in [0.29, 0.717) is 18.6 Å². The molecule has 0 bridgehead atoms. The molecular formula is C9H13N3O2. The Kier molecular flexibility index (Phi) is 2.58. The van der Waals surface area contributed by atoms with Crippen LogP contribution in [0.25, 0.3) is 0 Å². The summed E-state index contributed by atoms with van der Waals surface area (Å²) in [5, 5.41) is 7.53. The predicted molar refractivity (Wildman–Crippen MR) is 48.6 cm³/mol. The van der Waals surface area contributed by atoms with Crippen molar-refractivity contribution in [3.63, 3.8) is 0 Å². The second-order valence-corrected chi connectivity index (χ2v) is 3.61. The molecule has 1 fully saturated rings. The van der Waals surface area contributed by atoms with Crippen LogP contribution in [0.15, 0.2) is 4.63 Å². The lowest BCUT2D eigenvalue weighted by Gasteiger charge is -2.24. The average molecular weight is 195 g/mol. The van der Waals surface area contributed by atoms with Crippen molar-refractivity contribution in [2.75, 3.05) is 13.1 Å². The van der Waals surface area contributed by atoms with E-state index in [-0.39, 0.29) is 0 Å². The van der Waals surface area contributed by atoms with E-state index in [1.54, 1.807) is 0 Å². The Hall–Kier alpha value is -1.23. The molecule has 5 nitrogen and oxygen atoms in total. The lowest BCUT2D eigenvalue weighted by molar-refractivity contribution is -0.121. The van der Waals surface area contributed by atoms with Gasteiger partial charge in [-0.1, -0.05) is 10.3 Å². The van der Waals surface area contributed by atoms with Gasteiger partial charge in [-0.2, -0.15) is 0 Å². The van der Waals surface area contributed by atoms with E-state index in [9.17, 15) is 4.79 Å². The number of carbonyl (C=O) groups excluding carboxylic acids is 1. The van der Waals surface area contributed by atoms with E-state index in [1.807, 2.05) is 6.92 Å². The summed E-state index contributed by atoms with van der Waals surface area (Å²) in [5.74, 6) is 0.358. The third kappa shape index (κ3) is 1.98. The molecule has 1 aliphatic rings. The Bertz CT molecular complexity index is 325. The average Bonchev–Trinajstić information content (AvgIpc) is 2.56. The molecule has 0 saturated carbocycles. The molecule has 0 aromatic carbocycles. The normalized spacial score (nSPS) is 18.8. The molecule has 0 spiro atoms. The van der Waals surface area contributed by atoms with Crippen LogP contribution in [0.4, 0.5) is 0 Å². The van der Waals surface area contributed by atoms with Gasteiger partial charge in [-0.05, 0) is 6.92 Å². The summed E-state index contributed by atoms with van der Waals surface area (Å²) in [7, 11) is 0. The van der Waals surface area contributed by atoms with Crippen LogP contribution >= 0.6 is 0 Å². The number of Topliss-reactive ketones (excluding diaryl/α,β-unsaturated/α-hetero) is 1. The first kappa shape index (κ1) is 9.33. The highest BCUT2D eigenvalue weighted by Gasteiger charge is 2.18. The number of hydrogen-bond acceptors (Lipinski definition) is 5. The van der Waals surface area contributed by atoms with Gasteiger partial charge in [0.05, 0.1) is 0 Å². The summed E-state index contributed by atoms with van der Waals surface area (Å²) in [6, 6.07) is 0. The van der Waals surface area contributed by atoms with Crippen LogP contribution in [-0.2, 0) is 11.3 Å². The fourth-order valence-corrected chi connectivity index (χ4v) is 1.57. The van der Waals surface area contributed by atoms with E-state index < -0.39 is 0 Å². The number of carbonyl (C=O) groups is 1. The molecule has 2 heterocycles. The van der Waals surface area contributed by atoms with Crippen LogP contribution in [0.1, 0.15) is 24.2 Å². The molecule has 5 heteroatoms. The molecule has 14 heavy (non-hydrogen) atoms. The Morgan fingerprint density at radius 3 is 2.64 bits per heavy atom. The number of hydrogen-bond donors (Lipinski definition) is 0. The van der Waals surface area contributed by atoms with E-state index in [2.05, 4.69) is 19.8 Å². The molecule has 1 saturated heterocycles. The molecule has 1 aromatic heterocycles. The van der Waals surface area contributed by atoms with Crippen molar-refractivity contribution < 1.29 is 9.42 Å². The summed E-state index contributed by atoms with van der Waals surface area (Å²) in [4.78, 5) is 13.2. The summed E-state index contributed by atoms with van der Waals surface area (Å²) in [5.41, 5.74) is 1.71. The Balaban J connectivity index is 1.92. The van der Waals surface area contributed by atoms with Crippen LogP contribution < -0.4 is 0 Å². The third-order valence-corrected chi connectivity index (χ3v) is 2.53. The number of nitrogens with zero attached hydrogens (tertiary/aromatic N) is 3. The highest BCUT2D eigenvalue weighted by atomic mass is 16.6. The zero-order valence-electron chi connectivity index (χ0n) is 8.19. The SMILES string of the molecule is Cc1nonc1CN1CCC(=O)CC1. The molecule has 0 amide bonds. The van der Waals surface area contributed by atoms with Crippen molar-refractivity contribution in [1.29, 1.82) is 0 Å². The first-order chi connectivity index (χ1) is 6.75. The third-order valence-electron chi connectivity index (χ3n) is 2.53. The summed E-state index contributed by atoms with van der Waals surface area (Å²) in [6.45, 7) is 4.26. The highest BCUT2D eigenvalue weighted by Crippen LogP contribution is 2.11. The zero-order chi connectivity index (χ0) is 9.97. The smallest absolute Gasteiger partial charge is 0.135 e. The molecule has 0 atom stereocenters. The van der Waals surface area contributed by atoms with Gasteiger partial charge in [0.25, 0.3) is 0 Å². The van der Waals surface area contributed by atoms with E-state index in [1.165, 1.54) is 0 Å². The molecule has 1 aliphatic heterocycles. The second-order valence-electron chi connectivity index (χ2n) is 3.61. The lowest BCUT2D eigenvalue weighted by Crippen LogP contribution is -2.33. The molecule has 0 N–H and O–H groups in total. The van der Waals surface area contributed by atoms with Crippen LogP contribution in [0.2, 0.25) is 0 Å². The maximum Gasteiger partial charge on any atom is 0.135 e. The Morgan fingerprint density at radius 1 is 1.36 bits per heavy atom. The zero-order valence-corrected chi connectivity index (χ0v) is 8.19. The van der Waals surface area contributed by atoms with Crippen molar-refractivity contribution in [1.82, 2.24) is 15.2 Å². The fourth-order valence-electron chi connectivity index (χ4n) is 1.57. The van der Waals surface area contributed by atoms with Gasteiger partial charge in [0.1, 0.15) is 17.2 Å². The van der Waals surface area contributed by atoms with Gasteiger partial charge in [0, 0.05) is 32.5 Å². The van der Waals surface area contributed by atoms with Gasteiger partial charge in [0.2, 0.25) is 0 Å². The molecule has 1 aromatic rings. The van der Waals surface area contributed by atoms with E-state index >= 15 is 0 Å². The van der Waals surface area contributed by atoms with Crippen LogP contribution in [0.5, 0.6) is 0 Å². The molecule has 0 aliphatic carbocycles. The van der Waals surface area contributed by atoms with Crippen LogP contribution in [0, 0.1) is 6.92 Å². The van der Waals surface area contributed by atoms with Crippen molar-refractivity contribution in [3.05, 3.63) is 11.4 Å². The van der Waals surface area contributed by atoms with Crippen molar-refractivity contribution >= 4 is 5.78 Å². The number of piperidine rings is 1. The summed E-state index contributed by atoms with van der Waals surface area (Å²) >= 11 is 0. The minimum Gasteiger partial charge on any atom is -0.300 e. The van der Waals surface area contributed by atoms with E-state index in [0.717, 1.165) is 31.0 Å². The number of aromatic nitrogens is 2. The summed E-state index contributed by atoms with van der Waals surface area (Å²) < 4.78 is 4.61. The predicted octanol–water partition coefficient (Wildman–Crippen LogP) is 0.543. The Labute approximate surface area is 82.0 Å². The topological polar surface area (TPSA) is 59.2 Å². The van der Waals surface area contributed by atoms with Gasteiger partial charge in [-0.25, -0.2) is 4.63 Å². The minimum atomic E-state index is 0.358. The van der Waals surface area contributed by atoms with Crippen LogP contribution in [-0.4, -0.2) is 34.1 Å². The first-order valence-electron chi connectivity index (χ1n) is 4.78. The fraction of sp³-hybridized carbons (Fsp3) is 0.667. The monoisotopic (exact) mass is 195 g/mol. The quantitative estimate of drug-likeness (QED) is 0.689. The van der Waals surface area contributed by atoms with Crippen LogP contribution in [0.3, 0.4) is 0 Å². The van der Waals surface area contributed by atoms with Crippen molar-refractivity contribution in [3.8, 4) is 0 Å². The highest BCUT2D eigenvalue weighted by molar-refractivity contribution is 5.79. The standard InChI is InChI=1S/C9H13N3O2/c1-7-9(11-14-10-7)6-12-4-2-8(13)3-5-12/h2-6H2,1H3. The van der Waals surface area contributed by atoms with Gasteiger partial charge in [-0.3, -0.25) is 9.69 Å². The summed E-state index contributed by atoms with van der Waals surface area (Å²) in [6.07, 6.45) is 1.31. The van der Waals surface area contributed by atoms with Gasteiger partial charge in [0.15, 0.2) is 0 Å². The number of aryl methyl sites for hydroxylation is 1. The molecule has 76 valence electrons. The molecule has 0 unspecified atom stereocenters. The molecule has 2 rings (SSSR count). The first-order valence-corrected chi connectivity index (χ1v) is 4.78. The van der Waals surface area contributed by atoms with E-state index in [4.69, 9.17) is 0 Å². The van der Waals surface area contributed by atoms with Gasteiger partial charge >= 0.3 is 0 Å². The number of rotatable bonds is 2. The molecule has 0 radical (unpaired) electrons. The minimum absolute atomic E-state index is 0.358. The largest absolute Gasteiger partial charge is 0.300 e. The Morgan fingerprint density at radius 2 is 2.07 bits per heavy atom. The lowest BCUT2D eigenvalue weighted by atomic mass is 10.1. The maximum atomic E-state index is 11.0. The number of ketones is 1. The second kappa shape index (κ2) is 3.88. The molecular weight excluding hydrogens is 182 g/mol. The number of likely N-dealkylation sites (tertiary alicyclic amines) is 1. The van der Waals surface area contributed by atoms with Gasteiger partial charge in [-0.15, -0.1) is 0 Å². The van der Waals surface area contributed by atoms with Gasteiger partial charge < -0.3 is 0 Å². The van der Waals surface area contributed by atoms with Crippen molar-refractivity contribution in [2.24, 2.45) is 0 Å². The van der Waals surface area contributed by atoms with Crippen molar-refractivity contribution in [2.45, 2.75) is 26.3 Å². The maximum absolute atomic E-state index is 11.0.